The van der Waals surface area contributed by atoms with Crippen molar-refractivity contribution in [2.75, 3.05) is 19.4 Å². The first kappa shape index (κ1) is 27.1. The van der Waals surface area contributed by atoms with Gasteiger partial charge in [0.05, 0.1) is 11.4 Å². The van der Waals surface area contributed by atoms with Gasteiger partial charge in [-0.1, -0.05) is 6.07 Å². The van der Waals surface area contributed by atoms with Gasteiger partial charge in [-0.25, -0.2) is 4.39 Å². The van der Waals surface area contributed by atoms with E-state index >= 15 is 0 Å². The van der Waals surface area contributed by atoms with Gasteiger partial charge in [0, 0.05) is 49.5 Å². The Morgan fingerprint density at radius 3 is 2.22 bits per heavy atom. The predicted octanol–water partition coefficient (Wildman–Crippen LogP) is 5.62. The molecule has 0 bridgehead atoms. The van der Waals surface area contributed by atoms with Crippen molar-refractivity contribution in [1.29, 1.82) is 0 Å². The average molecular weight is 500 g/mol. The summed E-state index contributed by atoms with van der Waals surface area (Å²) in [7, 11) is 3.49. The van der Waals surface area contributed by atoms with Crippen LogP contribution < -0.4 is 10.6 Å². The van der Waals surface area contributed by atoms with Crippen LogP contribution >= 0.6 is 0 Å². The topological polar surface area (TPSA) is 96.9 Å². The summed E-state index contributed by atoms with van der Waals surface area (Å²) in [5, 5.41) is 5.75. The second-order valence-corrected chi connectivity index (χ2v) is 8.78. The number of carbonyl (C=O) groups excluding carboxylic acids is 2. The fourth-order valence-electron chi connectivity index (χ4n) is 3.52. The lowest BCUT2D eigenvalue weighted by Crippen LogP contribution is -2.19. The molecule has 3 aromatic heterocycles. The first-order chi connectivity index (χ1) is 17.7. The third-order valence-electron chi connectivity index (χ3n) is 5.64. The number of rotatable bonds is 6. The molecule has 0 saturated heterocycles. The molecular formula is C29H30FN5O2. The van der Waals surface area contributed by atoms with E-state index < -0.39 is 5.67 Å². The SMILES string of the molecule is CC(C)(F)c1cc(C=O)ccn1.CNC(=O)c1cc(-c2ccnc(-c3cc(NC)ccc3C)c2)ccn1. The molecule has 8 heteroatoms. The minimum Gasteiger partial charge on any atom is -0.388 e. The first-order valence-electron chi connectivity index (χ1n) is 11.7. The maximum atomic E-state index is 13.3. The minimum atomic E-state index is -1.49. The van der Waals surface area contributed by atoms with E-state index in [1.54, 1.807) is 31.6 Å². The number of hydrogen-bond donors (Lipinski definition) is 2. The number of nitrogens with zero attached hydrogens (tertiary/aromatic N) is 3. The van der Waals surface area contributed by atoms with Crippen LogP contribution in [0.5, 0.6) is 0 Å². The molecule has 1 aromatic carbocycles. The van der Waals surface area contributed by atoms with Crippen LogP contribution in [0.4, 0.5) is 10.1 Å². The molecule has 37 heavy (non-hydrogen) atoms. The summed E-state index contributed by atoms with van der Waals surface area (Å²) in [5.41, 5.74) is 5.73. The Kier molecular flexibility index (Phi) is 8.79. The summed E-state index contributed by atoms with van der Waals surface area (Å²) in [6.45, 7) is 4.88. The smallest absolute Gasteiger partial charge is 0.269 e. The molecule has 4 aromatic rings. The summed E-state index contributed by atoms with van der Waals surface area (Å²) in [6.07, 6.45) is 5.54. The van der Waals surface area contributed by atoms with Crippen molar-refractivity contribution in [1.82, 2.24) is 20.3 Å². The molecule has 0 aliphatic carbocycles. The van der Waals surface area contributed by atoms with Crippen molar-refractivity contribution in [3.05, 3.63) is 95.7 Å². The van der Waals surface area contributed by atoms with E-state index in [2.05, 4.69) is 44.6 Å². The molecule has 4 rings (SSSR count). The van der Waals surface area contributed by atoms with Crippen LogP contribution in [0.2, 0.25) is 0 Å². The van der Waals surface area contributed by atoms with Crippen LogP contribution in [0.1, 0.15) is 46.0 Å². The second-order valence-electron chi connectivity index (χ2n) is 8.78. The number of aromatic nitrogens is 3. The number of benzene rings is 1. The Balaban J connectivity index is 0.000000266. The van der Waals surface area contributed by atoms with Crippen LogP contribution in [0.15, 0.2) is 73.2 Å². The largest absolute Gasteiger partial charge is 0.388 e. The maximum absolute atomic E-state index is 13.3. The molecule has 0 radical (unpaired) electrons. The quantitative estimate of drug-likeness (QED) is 0.334. The lowest BCUT2D eigenvalue weighted by atomic mass is 10.0. The van der Waals surface area contributed by atoms with Crippen molar-refractivity contribution in [2.24, 2.45) is 0 Å². The van der Waals surface area contributed by atoms with Gasteiger partial charge in [0.15, 0.2) is 0 Å². The highest BCUT2D eigenvalue weighted by Gasteiger charge is 2.20. The zero-order valence-corrected chi connectivity index (χ0v) is 21.5. The number of pyridine rings is 3. The van der Waals surface area contributed by atoms with Gasteiger partial charge >= 0.3 is 0 Å². The summed E-state index contributed by atoms with van der Waals surface area (Å²) < 4.78 is 13.3. The van der Waals surface area contributed by atoms with Gasteiger partial charge in [0.25, 0.3) is 5.91 Å². The highest BCUT2D eigenvalue weighted by molar-refractivity contribution is 5.93. The van der Waals surface area contributed by atoms with E-state index in [0.29, 0.717) is 17.5 Å². The Labute approximate surface area is 216 Å². The van der Waals surface area contributed by atoms with Gasteiger partial charge in [-0.2, -0.15) is 0 Å². The molecule has 0 saturated carbocycles. The highest BCUT2D eigenvalue weighted by atomic mass is 19.1. The summed E-state index contributed by atoms with van der Waals surface area (Å²) >= 11 is 0. The average Bonchev–Trinajstić information content (AvgIpc) is 2.93. The number of carbonyl (C=O) groups is 2. The van der Waals surface area contributed by atoms with E-state index in [4.69, 9.17) is 0 Å². The fraction of sp³-hybridized carbons (Fsp3) is 0.207. The Hall–Kier alpha value is -4.46. The van der Waals surface area contributed by atoms with Crippen LogP contribution in [0, 0.1) is 6.92 Å². The van der Waals surface area contributed by atoms with Gasteiger partial charge in [-0.05, 0) is 86.0 Å². The van der Waals surface area contributed by atoms with Crippen LogP contribution in [-0.2, 0) is 5.67 Å². The first-order valence-corrected chi connectivity index (χ1v) is 11.7. The van der Waals surface area contributed by atoms with Crippen molar-refractivity contribution < 1.29 is 14.0 Å². The molecule has 0 unspecified atom stereocenters. The van der Waals surface area contributed by atoms with Gasteiger partial charge in [-0.15, -0.1) is 0 Å². The van der Waals surface area contributed by atoms with E-state index in [0.717, 1.165) is 33.6 Å². The van der Waals surface area contributed by atoms with Crippen LogP contribution in [0.3, 0.4) is 0 Å². The van der Waals surface area contributed by atoms with Crippen molar-refractivity contribution in [2.45, 2.75) is 26.4 Å². The number of aryl methyl sites for hydroxylation is 1. The molecule has 2 N–H and O–H groups in total. The molecule has 0 spiro atoms. The molecule has 1 amide bonds. The minimum absolute atomic E-state index is 0.200. The Bertz CT molecular complexity index is 1400. The third-order valence-corrected chi connectivity index (χ3v) is 5.64. The van der Waals surface area contributed by atoms with Crippen LogP contribution in [0.25, 0.3) is 22.4 Å². The molecule has 3 heterocycles. The standard InChI is InChI=1S/C20H20N4O.C9H10FNO/c1-13-4-5-16(21-2)12-17(13)18-10-14(6-8-23-18)15-7-9-24-19(11-15)20(25)22-3;1-9(2,10)8-5-7(6-12)3-4-11-8/h4-12,21H,1-3H3,(H,22,25);3-6H,1-2H3. The predicted molar refractivity (Wildman–Crippen MR) is 144 cm³/mol. The fourth-order valence-corrected chi connectivity index (χ4v) is 3.52. The van der Waals surface area contributed by atoms with E-state index in [1.165, 1.54) is 26.1 Å². The Morgan fingerprint density at radius 1 is 0.892 bits per heavy atom. The maximum Gasteiger partial charge on any atom is 0.269 e. The van der Waals surface area contributed by atoms with E-state index in [9.17, 15) is 14.0 Å². The summed E-state index contributed by atoms with van der Waals surface area (Å²) in [4.78, 5) is 34.6. The monoisotopic (exact) mass is 499 g/mol. The summed E-state index contributed by atoms with van der Waals surface area (Å²) in [6, 6.07) is 16.8. The number of hydrogen-bond acceptors (Lipinski definition) is 6. The van der Waals surface area contributed by atoms with Gasteiger partial charge in [-0.3, -0.25) is 24.5 Å². The normalized spacial score (nSPS) is 10.6. The molecule has 190 valence electrons. The number of halogens is 1. The van der Waals surface area contributed by atoms with Crippen molar-refractivity contribution in [3.8, 4) is 22.4 Å². The lowest BCUT2D eigenvalue weighted by Gasteiger charge is -2.12. The molecule has 7 nitrogen and oxygen atoms in total. The Morgan fingerprint density at radius 2 is 1.57 bits per heavy atom. The van der Waals surface area contributed by atoms with Crippen LogP contribution in [-0.4, -0.2) is 41.2 Å². The second kappa shape index (κ2) is 12.0. The molecule has 0 fully saturated rings. The number of aldehydes is 1. The molecule has 0 aliphatic rings. The molecule has 0 aliphatic heterocycles. The number of alkyl halides is 1. The zero-order valence-electron chi connectivity index (χ0n) is 21.5. The number of anilines is 1. The van der Waals surface area contributed by atoms with Gasteiger partial charge < -0.3 is 10.6 Å². The zero-order chi connectivity index (χ0) is 27.0. The highest BCUT2D eigenvalue weighted by Crippen LogP contribution is 2.29. The number of amides is 1. The molecule has 0 atom stereocenters. The third kappa shape index (κ3) is 7.04. The molecular weight excluding hydrogens is 469 g/mol. The van der Waals surface area contributed by atoms with E-state index in [-0.39, 0.29) is 11.6 Å². The summed E-state index contributed by atoms with van der Waals surface area (Å²) in [5.74, 6) is -0.200. The van der Waals surface area contributed by atoms with Crippen molar-refractivity contribution in [3.63, 3.8) is 0 Å². The van der Waals surface area contributed by atoms with Crippen molar-refractivity contribution >= 4 is 17.9 Å². The lowest BCUT2D eigenvalue weighted by molar-refractivity contribution is 0.0958. The van der Waals surface area contributed by atoms with E-state index in [1.807, 2.05) is 31.3 Å². The van der Waals surface area contributed by atoms with Gasteiger partial charge in [0.2, 0.25) is 0 Å². The number of nitrogens with one attached hydrogen (secondary N) is 2. The van der Waals surface area contributed by atoms with Gasteiger partial charge in [0.1, 0.15) is 17.6 Å².